The molecule has 0 spiro atoms. The van der Waals surface area contributed by atoms with Crippen molar-refractivity contribution in [3.63, 3.8) is 0 Å². The zero-order chi connectivity index (χ0) is 8.08. The number of halogens is 2. The predicted octanol–water partition coefficient (Wildman–Crippen LogP) is -0.220. The van der Waals surface area contributed by atoms with Gasteiger partial charge in [-0.25, -0.2) is 8.42 Å². The molecule has 0 unspecified atom stereocenters. The van der Waals surface area contributed by atoms with E-state index in [-0.39, 0.29) is 0 Å². The summed E-state index contributed by atoms with van der Waals surface area (Å²) < 4.78 is 42.5. The summed E-state index contributed by atoms with van der Waals surface area (Å²) in [5.41, 5.74) is 0. The highest BCUT2D eigenvalue weighted by Gasteiger charge is 1.88. The van der Waals surface area contributed by atoms with E-state index < -0.39 is 19.2 Å². The number of rotatable bonds is 0. The van der Waals surface area contributed by atoms with Crippen molar-refractivity contribution in [3.8, 4) is 0 Å². The van der Waals surface area contributed by atoms with Crippen molar-refractivity contribution in [3.05, 3.63) is 0 Å². The van der Waals surface area contributed by atoms with Gasteiger partial charge >= 0.3 is 8.26 Å². The molecule has 0 amide bonds. The summed E-state index contributed by atoms with van der Waals surface area (Å²) in [5, 5.41) is 0. The maximum Gasteiger partial charge on any atom is 0.317 e. The molecule has 0 atom stereocenters. The molecular weight excluding hydrogens is 215 g/mol. The highest BCUT2D eigenvalue weighted by molar-refractivity contribution is 8.31. The SMILES string of the molecule is O=S(=O)(Cl)Cl.O=[SH](=O)O. The van der Waals surface area contributed by atoms with Crippen LogP contribution in [0.5, 0.6) is 0 Å². The third kappa shape index (κ3) is 1810. The summed E-state index contributed by atoms with van der Waals surface area (Å²) in [4.78, 5) is 0. The van der Waals surface area contributed by atoms with E-state index in [0.717, 1.165) is 0 Å². The van der Waals surface area contributed by atoms with Gasteiger partial charge in [-0.05, 0) is 0 Å². The minimum absolute atomic E-state index is 3.12. The summed E-state index contributed by atoms with van der Waals surface area (Å²) in [6, 6.07) is 0. The van der Waals surface area contributed by atoms with Crippen LogP contribution in [0.15, 0.2) is 0 Å². The molecule has 0 aromatic heterocycles. The summed E-state index contributed by atoms with van der Waals surface area (Å²) in [5.74, 6) is 0. The third-order valence-electron chi connectivity index (χ3n) is 0. The van der Waals surface area contributed by atoms with Crippen LogP contribution in [0.4, 0.5) is 0 Å². The van der Waals surface area contributed by atoms with Crippen molar-refractivity contribution in [2.24, 2.45) is 0 Å². The standard InChI is InChI=1S/Cl2O2S.H2O3S/c1-5(2,3)4;1-4(2)3/h;4H,(H,1,2,3). The Bertz CT molecular complexity index is 193. The Morgan fingerprint density at radius 2 is 1.22 bits per heavy atom. The second-order valence-electron chi connectivity index (χ2n) is 0.616. The summed E-state index contributed by atoms with van der Waals surface area (Å²) in [7, 11) is 1.69. The fourth-order valence-corrected chi connectivity index (χ4v) is 0. The lowest BCUT2D eigenvalue weighted by atomic mass is 15.9. The van der Waals surface area contributed by atoms with Gasteiger partial charge in [0.2, 0.25) is 0 Å². The summed E-state index contributed by atoms with van der Waals surface area (Å²) in [6.45, 7) is 0. The van der Waals surface area contributed by atoms with Crippen LogP contribution in [0.2, 0.25) is 0 Å². The second kappa shape index (κ2) is 5.24. The van der Waals surface area contributed by atoms with Crippen molar-refractivity contribution in [2.45, 2.75) is 0 Å². The Balaban J connectivity index is 0. The Morgan fingerprint density at radius 3 is 1.22 bits per heavy atom. The lowest BCUT2D eigenvalue weighted by Gasteiger charge is -1.61. The van der Waals surface area contributed by atoms with Gasteiger partial charge in [-0.1, -0.05) is 0 Å². The highest BCUT2D eigenvalue weighted by Crippen LogP contribution is 1.98. The number of hydrogen-bond acceptors (Lipinski definition) is 4. The quantitative estimate of drug-likeness (QED) is 0.332. The lowest BCUT2D eigenvalue weighted by molar-refractivity contribution is 0.509. The number of hydrogen-bond donors (Lipinski definition) is 2. The van der Waals surface area contributed by atoms with Crippen LogP contribution in [0.25, 0.3) is 0 Å². The van der Waals surface area contributed by atoms with E-state index in [1.807, 2.05) is 0 Å². The number of thiol groups is 1. The Morgan fingerprint density at radius 1 is 1.22 bits per heavy atom. The topological polar surface area (TPSA) is 88.5 Å². The maximum absolute atomic E-state index is 9.16. The van der Waals surface area contributed by atoms with Crippen LogP contribution < -0.4 is 0 Å². The molecule has 0 aliphatic rings. The molecule has 0 rings (SSSR count). The van der Waals surface area contributed by atoms with E-state index in [1.54, 1.807) is 0 Å². The first kappa shape index (κ1) is 12.1. The van der Waals surface area contributed by atoms with Gasteiger partial charge in [0.15, 0.2) is 0 Å². The Labute approximate surface area is 62.3 Å². The molecule has 0 radical (unpaired) electrons. The molecule has 0 bridgehead atoms. The fraction of sp³-hybridized carbons (Fsp3) is 0. The molecule has 9 heavy (non-hydrogen) atoms. The molecular formula is H2Cl2O5S2. The van der Waals surface area contributed by atoms with Gasteiger partial charge < -0.3 is 0 Å². The van der Waals surface area contributed by atoms with Crippen LogP contribution in [-0.2, 0) is 19.2 Å². The zero-order valence-corrected chi connectivity index (χ0v) is 6.91. The molecule has 0 aromatic rings. The first-order valence-corrected chi connectivity index (χ1v) is 5.47. The molecule has 0 heterocycles. The van der Waals surface area contributed by atoms with Gasteiger partial charge in [0, 0.05) is 21.4 Å². The summed E-state index contributed by atoms with van der Waals surface area (Å²) in [6.07, 6.45) is 0. The van der Waals surface area contributed by atoms with Gasteiger partial charge in [0.05, 0.1) is 0 Å². The van der Waals surface area contributed by atoms with Gasteiger partial charge in [0.1, 0.15) is 0 Å². The molecule has 0 aromatic carbocycles. The van der Waals surface area contributed by atoms with Crippen LogP contribution in [0.1, 0.15) is 0 Å². The van der Waals surface area contributed by atoms with E-state index >= 15 is 0 Å². The second-order valence-corrected chi connectivity index (χ2v) is 4.76. The normalized spacial score (nSPS) is 10.2. The monoisotopic (exact) mass is 216 g/mol. The largest absolute Gasteiger partial charge is 0.317 e. The maximum atomic E-state index is 9.16. The molecule has 9 heteroatoms. The fourth-order valence-electron chi connectivity index (χ4n) is 0. The minimum Gasteiger partial charge on any atom is -0.288 e. The van der Waals surface area contributed by atoms with Crippen molar-refractivity contribution in [2.75, 3.05) is 0 Å². The first-order valence-electron chi connectivity index (χ1n) is 1.21. The van der Waals surface area contributed by atoms with Crippen LogP contribution >= 0.6 is 21.4 Å². The van der Waals surface area contributed by atoms with E-state index in [4.69, 9.17) is 21.4 Å². The van der Waals surface area contributed by atoms with Gasteiger partial charge in [-0.2, -0.15) is 8.42 Å². The third-order valence-corrected chi connectivity index (χ3v) is 0. The Hall–Kier alpha value is 0.440. The average Bonchev–Trinajstić information content (AvgIpc) is 1.19. The molecule has 0 fully saturated rings. The highest BCUT2D eigenvalue weighted by atomic mass is 36.0. The Kier molecular flexibility index (Phi) is 7.08. The van der Waals surface area contributed by atoms with Crippen LogP contribution in [0, 0.1) is 0 Å². The average molecular weight is 217 g/mol. The molecule has 5 nitrogen and oxygen atoms in total. The van der Waals surface area contributed by atoms with Gasteiger partial charge in [0.25, 0.3) is 11.0 Å². The molecule has 0 aliphatic heterocycles. The molecule has 1 N–H and O–H groups in total. The zero-order valence-electron chi connectivity index (χ0n) is 3.69. The predicted molar refractivity (Wildman–Crippen MR) is 33.6 cm³/mol. The van der Waals surface area contributed by atoms with Crippen molar-refractivity contribution in [1.29, 1.82) is 0 Å². The van der Waals surface area contributed by atoms with Crippen molar-refractivity contribution >= 4 is 40.6 Å². The van der Waals surface area contributed by atoms with Crippen LogP contribution in [-0.4, -0.2) is 21.4 Å². The molecule has 0 aliphatic carbocycles. The van der Waals surface area contributed by atoms with Crippen molar-refractivity contribution < 1.29 is 21.4 Å². The van der Waals surface area contributed by atoms with Crippen LogP contribution in [0.3, 0.4) is 0 Å². The molecule has 0 saturated heterocycles. The molecule has 0 saturated carbocycles. The van der Waals surface area contributed by atoms with Crippen molar-refractivity contribution in [1.82, 2.24) is 0 Å². The van der Waals surface area contributed by atoms with Gasteiger partial charge in [-0.15, -0.1) is 0 Å². The van der Waals surface area contributed by atoms with E-state index in [0.29, 0.717) is 0 Å². The van der Waals surface area contributed by atoms with E-state index in [2.05, 4.69) is 21.4 Å². The van der Waals surface area contributed by atoms with E-state index in [1.165, 1.54) is 0 Å². The smallest absolute Gasteiger partial charge is 0.288 e. The minimum atomic E-state index is -3.72. The summed E-state index contributed by atoms with van der Waals surface area (Å²) >= 11 is 0. The molecule has 58 valence electrons. The lowest BCUT2D eigenvalue weighted by Crippen LogP contribution is -1.63. The first-order chi connectivity index (χ1) is 3.73. The van der Waals surface area contributed by atoms with Gasteiger partial charge in [-0.3, -0.25) is 4.55 Å². The van der Waals surface area contributed by atoms with E-state index in [9.17, 15) is 0 Å².